The molecule has 3 aliphatic rings. The molecule has 1 aliphatic carbocycles. The van der Waals surface area contributed by atoms with Gasteiger partial charge in [-0.3, -0.25) is 4.79 Å². The van der Waals surface area contributed by atoms with Gasteiger partial charge in [0.2, 0.25) is 5.91 Å². The second kappa shape index (κ2) is 6.41. The van der Waals surface area contributed by atoms with Gasteiger partial charge in [0.1, 0.15) is 12.4 Å². The topological polar surface area (TPSA) is 65.5 Å². The third kappa shape index (κ3) is 2.88. The summed E-state index contributed by atoms with van der Waals surface area (Å²) in [5.74, 6) is -0.0916. The number of likely N-dealkylation sites (tertiary alicyclic amines) is 1. The van der Waals surface area contributed by atoms with Gasteiger partial charge in [0, 0.05) is 24.3 Å². The van der Waals surface area contributed by atoms with Gasteiger partial charge in [-0.15, -0.1) is 11.3 Å². The summed E-state index contributed by atoms with van der Waals surface area (Å²) in [4.78, 5) is 34.0. The molecule has 1 aromatic carbocycles. The molecule has 1 fully saturated rings. The minimum atomic E-state index is -0.353. The average Bonchev–Trinajstić information content (AvgIpc) is 3.37. The van der Waals surface area contributed by atoms with Gasteiger partial charge in [-0.25, -0.2) is 14.2 Å². The Balaban J connectivity index is 1.28. The molecule has 2 atom stereocenters. The normalized spacial score (nSPS) is 22.9. The highest BCUT2D eigenvalue weighted by atomic mass is 32.1. The maximum Gasteiger partial charge on any atom is 0.322 e. The maximum absolute atomic E-state index is 13.5. The molecule has 3 heterocycles. The lowest BCUT2D eigenvalue weighted by Gasteiger charge is -2.32. The van der Waals surface area contributed by atoms with Crippen molar-refractivity contribution in [2.24, 2.45) is 5.92 Å². The van der Waals surface area contributed by atoms with Gasteiger partial charge in [-0.2, -0.15) is 0 Å². The van der Waals surface area contributed by atoms with Crippen LogP contribution in [0.3, 0.4) is 0 Å². The van der Waals surface area contributed by atoms with E-state index in [0.29, 0.717) is 23.7 Å². The average molecular weight is 398 g/mol. The van der Waals surface area contributed by atoms with Crippen LogP contribution in [0.5, 0.6) is 0 Å². The Morgan fingerprint density at radius 1 is 1.43 bits per heavy atom. The number of benzene rings is 1. The van der Waals surface area contributed by atoms with Gasteiger partial charge in [0.05, 0.1) is 22.5 Å². The second-order valence-electron chi connectivity index (χ2n) is 7.50. The largest absolute Gasteiger partial charge is 0.334 e. The van der Waals surface area contributed by atoms with Gasteiger partial charge in [-0.05, 0) is 42.7 Å². The Morgan fingerprint density at radius 3 is 3.00 bits per heavy atom. The zero-order valence-electron chi connectivity index (χ0n) is 15.3. The number of carbonyl (C=O) groups is 2. The van der Waals surface area contributed by atoms with Crippen molar-refractivity contribution < 1.29 is 14.0 Å². The van der Waals surface area contributed by atoms with Crippen molar-refractivity contribution in [3.63, 3.8) is 0 Å². The highest BCUT2D eigenvalue weighted by Crippen LogP contribution is 2.43. The zero-order valence-corrected chi connectivity index (χ0v) is 16.1. The summed E-state index contributed by atoms with van der Waals surface area (Å²) < 4.78 is 13.5. The third-order valence-corrected chi connectivity index (χ3v) is 6.63. The van der Waals surface area contributed by atoms with Crippen molar-refractivity contribution in [3.8, 4) is 0 Å². The van der Waals surface area contributed by atoms with Crippen molar-refractivity contribution >= 4 is 34.5 Å². The molecule has 28 heavy (non-hydrogen) atoms. The Labute approximate surface area is 165 Å². The minimum Gasteiger partial charge on any atom is -0.334 e. The molecule has 0 saturated carbocycles. The lowest BCUT2D eigenvalue weighted by atomic mass is 10.0. The second-order valence-corrected chi connectivity index (χ2v) is 8.73. The number of amides is 3. The number of hydrogen-bond acceptors (Lipinski definition) is 4. The van der Waals surface area contributed by atoms with E-state index in [1.807, 2.05) is 18.0 Å². The molecule has 2 aromatic rings. The van der Waals surface area contributed by atoms with Crippen LogP contribution < -0.4 is 5.32 Å². The van der Waals surface area contributed by atoms with Gasteiger partial charge < -0.3 is 15.1 Å². The molecule has 8 heteroatoms. The number of fused-ring (bicyclic) bond motifs is 3. The molecule has 1 N–H and O–H groups in total. The van der Waals surface area contributed by atoms with Crippen molar-refractivity contribution in [2.45, 2.75) is 25.9 Å². The molecule has 3 amide bonds. The van der Waals surface area contributed by atoms with E-state index in [2.05, 4.69) is 16.4 Å². The van der Waals surface area contributed by atoms with E-state index in [1.54, 1.807) is 17.4 Å². The van der Waals surface area contributed by atoms with Gasteiger partial charge in [-0.1, -0.05) is 6.08 Å². The van der Waals surface area contributed by atoms with Crippen molar-refractivity contribution in [2.75, 3.05) is 18.4 Å². The van der Waals surface area contributed by atoms with Gasteiger partial charge in [0.15, 0.2) is 0 Å². The first kappa shape index (κ1) is 17.4. The first-order valence-electron chi connectivity index (χ1n) is 9.26. The monoisotopic (exact) mass is 398 g/mol. The fourth-order valence-electron chi connectivity index (χ4n) is 4.33. The Morgan fingerprint density at radius 2 is 2.29 bits per heavy atom. The molecule has 0 spiro atoms. The van der Waals surface area contributed by atoms with E-state index in [1.165, 1.54) is 27.5 Å². The van der Waals surface area contributed by atoms with Crippen molar-refractivity contribution in [1.82, 2.24) is 14.8 Å². The van der Waals surface area contributed by atoms with Crippen LogP contribution in [0.1, 0.15) is 21.9 Å². The molecule has 1 saturated heterocycles. The highest BCUT2D eigenvalue weighted by Gasteiger charge is 2.42. The van der Waals surface area contributed by atoms with Crippen LogP contribution in [-0.4, -0.2) is 45.9 Å². The quantitative estimate of drug-likeness (QED) is 0.863. The van der Waals surface area contributed by atoms with Gasteiger partial charge >= 0.3 is 6.03 Å². The van der Waals surface area contributed by atoms with E-state index in [4.69, 9.17) is 0 Å². The number of aryl methyl sites for hydroxylation is 1. The molecule has 5 rings (SSSR count). The number of nitrogens with one attached hydrogen (secondary N) is 1. The maximum atomic E-state index is 13.5. The fourth-order valence-corrected chi connectivity index (χ4v) is 5.21. The van der Waals surface area contributed by atoms with Crippen LogP contribution in [0.15, 0.2) is 30.5 Å². The Hall–Kier alpha value is -2.74. The van der Waals surface area contributed by atoms with Crippen LogP contribution in [0.2, 0.25) is 0 Å². The number of aromatic nitrogens is 1. The first-order valence-corrected chi connectivity index (χ1v) is 10.1. The molecule has 0 unspecified atom stereocenters. The molecule has 6 nitrogen and oxygen atoms in total. The molecule has 2 bridgehead atoms. The minimum absolute atomic E-state index is 0.00611. The summed E-state index contributed by atoms with van der Waals surface area (Å²) in [6, 6.07) is 4.01. The summed E-state index contributed by atoms with van der Waals surface area (Å²) in [7, 11) is 0. The number of carbonyl (C=O) groups excluding carboxylic acids is 2. The number of anilines is 1. The van der Waals surface area contributed by atoms with Crippen LogP contribution in [-0.2, 0) is 11.3 Å². The number of halogens is 1. The lowest BCUT2D eigenvalue weighted by molar-refractivity contribution is -0.132. The third-order valence-electron chi connectivity index (χ3n) is 5.66. The molecule has 1 aromatic heterocycles. The highest BCUT2D eigenvalue weighted by molar-refractivity contribution is 7.12. The standard InChI is InChI=1S/C20H19FN4O2S/c1-11-22-7-18(28-11)16-6-15-5-12(16)9-25(15)19(26)10-24-8-13-4-14(21)2-3-17(13)23-20(24)27/h2-4,6-7,12,15H,5,8-10H2,1H3,(H,23,27)/t12-,15-/m0/s1. The predicted octanol–water partition coefficient (Wildman–Crippen LogP) is 3.25. The number of hydrogen-bond donors (Lipinski definition) is 1. The number of thiazole rings is 1. The Kier molecular flexibility index (Phi) is 3.97. The molecule has 144 valence electrons. The SMILES string of the molecule is Cc1ncc(C2=C[C@@H]3C[C@H]2CN3C(=O)CN2Cc3cc(F)ccc3NC2=O)s1. The van der Waals surface area contributed by atoms with Crippen LogP contribution >= 0.6 is 11.3 Å². The predicted molar refractivity (Wildman–Crippen MR) is 104 cm³/mol. The van der Waals surface area contributed by atoms with Crippen molar-refractivity contribution in [1.29, 1.82) is 0 Å². The fraction of sp³-hybridized carbons (Fsp3) is 0.350. The summed E-state index contributed by atoms with van der Waals surface area (Å²) in [5.41, 5.74) is 2.57. The number of urea groups is 1. The molecular weight excluding hydrogens is 379 g/mol. The Bertz CT molecular complexity index is 1020. The van der Waals surface area contributed by atoms with E-state index >= 15 is 0 Å². The van der Waals surface area contributed by atoms with Gasteiger partial charge in [0.25, 0.3) is 0 Å². The summed E-state index contributed by atoms with van der Waals surface area (Å²) >= 11 is 1.68. The smallest absolute Gasteiger partial charge is 0.322 e. The molecular formula is C20H19FN4O2S. The number of rotatable bonds is 3. The van der Waals surface area contributed by atoms with Crippen LogP contribution in [0, 0.1) is 18.7 Å². The van der Waals surface area contributed by atoms with E-state index in [9.17, 15) is 14.0 Å². The zero-order chi connectivity index (χ0) is 19.4. The van der Waals surface area contributed by atoms with E-state index in [-0.39, 0.29) is 36.9 Å². The van der Waals surface area contributed by atoms with E-state index in [0.717, 1.165) is 11.4 Å². The van der Waals surface area contributed by atoms with Crippen LogP contribution in [0.25, 0.3) is 5.57 Å². The first-order chi connectivity index (χ1) is 13.5. The molecule has 2 aliphatic heterocycles. The van der Waals surface area contributed by atoms with Crippen molar-refractivity contribution in [3.05, 3.63) is 51.7 Å². The summed E-state index contributed by atoms with van der Waals surface area (Å²) in [6.45, 7) is 2.89. The van der Waals surface area contributed by atoms with E-state index < -0.39 is 0 Å². The van der Waals surface area contributed by atoms with Crippen LogP contribution in [0.4, 0.5) is 14.9 Å². The summed E-state index contributed by atoms with van der Waals surface area (Å²) in [6.07, 6.45) is 5.01. The lowest BCUT2D eigenvalue weighted by Crippen LogP contribution is -2.47. The number of nitrogens with zero attached hydrogens (tertiary/aromatic N) is 3. The summed E-state index contributed by atoms with van der Waals surface area (Å²) in [5, 5.41) is 3.77. The molecule has 0 radical (unpaired) electrons.